The molecule has 0 bridgehead atoms. The normalized spacial score (nSPS) is 10.8. The summed E-state index contributed by atoms with van der Waals surface area (Å²) in [5.41, 5.74) is 2.00. The van der Waals surface area contributed by atoms with Crippen molar-refractivity contribution in [1.82, 2.24) is 10.1 Å². The number of carbonyl (C=O) groups is 1. The van der Waals surface area contributed by atoms with Gasteiger partial charge in [-0.3, -0.25) is 4.79 Å². The van der Waals surface area contributed by atoms with Gasteiger partial charge in [0.1, 0.15) is 0 Å². The molecule has 1 aromatic carbocycles. The molecule has 0 amide bonds. The highest BCUT2D eigenvalue weighted by Crippen LogP contribution is 2.25. The zero-order chi connectivity index (χ0) is 16.9. The van der Waals surface area contributed by atoms with E-state index in [0.29, 0.717) is 5.82 Å². The van der Waals surface area contributed by atoms with Gasteiger partial charge in [-0.1, -0.05) is 21.1 Å². The lowest BCUT2D eigenvalue weighted by molar-refractivity contribution is -0.142. The summed E-state index contributed by atoms with van der Waals surface area (Å²) in [6.45, 7) is 1.98. The molecule has 0 spiro atoms. The Labute approximate surface area is 155 Å². The second-order valence-corrected chi connectivity index (χ2v) is 7.60. The summed E-state index contributed by atoms with van der Waals surface area (Å²) in [6.07, 6.45) is 0. The van der Waals surface area contributed by atoms with Gasteiger partial charge in [-0.15, -0.1) is 11.8 Å². The smallest absolute Gasteiger partial charge is 0.316 e. The molecule has 24 heavy (non-hydrogen) atoms. The molecule has 2 heterocycles. The average Bonchev–Trinajstić information content (AvgIpc) is 3.23. The van der Waals surface area contributed by atoms with Gasteiger partial charge in [0.05, 0.1) is 5.75 Å². The zero-order valence-electron chi connectivity index (χ0n) is 12.7. The number of ether oxygens (including phenoxy) is 1. The van der Waals surface area contributed by atoms with E-state index in [1.165, 1.54) is 11.8 Å². The first-order chi connectivity index (χ1) is 11.6. The molecule has 2 aromatic heterocycles. The van der Waals surface area contributed by atoms with E-state index < -0.39 is 0 Å². The van der Waals surface area contributed by atoms with Crippen LogP contribution in [0, 0.1) is 6.92 Å². The summed E-state index contributed by atoms with van der Waals surface area (Å²) in [5.74, 6) is 0.697. The Morgan fingerprint density at radius 1 is 1.42 bits per heavy atom. The number of aromatic nitrogens is 2. The minimum atomic E-state index is -0.322. The summed E-state index contributed by atoms with van der Waals surface area (Å²) >= 11 is 6.42. The highest BCUT2D eigenvalue weighted by Gasteiger charge is 2.12. The third kappa shape index (κ3) is 4.46. The van der Waals surface area contributed by atoms with Crippen LogP contribution in [-0.2, 0) is 16.1 Å². The van der Waals surface area contributed by atoms with Gasteiger partial charge in [0, 0.05) is 20.3 Å². The fourth-order valence-electron chi connectivity index (χ4n) is 1.92. The summed E-state index contributed by atoms with van der Waals surface area (Å²) in [4.78, 5) is 17.1. The van der Waals surface area contributed by atoms with Crippen LogP contribution in [0.25, 0.3) is 11.4 Å². The van der Waals surface area contributed by atoms with E-state index in [1.807, 2.05) is 41.9 Å². The van der Waals surface area contributed by atoms with Crippen LogP contribution < -0.4 is 0 Å². The second kappa shape index (κ2) is 7.96. The van der Waals surface area contributed by atoms with Crippen LogP contribution in [-0.4, -0.2) is 21.9 Å². The van der Waals surface area contributed by atoms with Crippen molar-refractivity contribution in [2.75, 3.05) is 5.75 Å². The van der Waals surface area contributed by atoms with Crippen molar-refractivity contribution in [3.05, 3.63) is 51.0 Å². The van der Waals surface area contributed by atoms with Gasteiger partial charge in [0.2, 0.25) is 5.82 Å². The second-order valence-electron chi connectivity index (χ2n) is 4.88. The summed E-state index contributed by atoms with van der Waals surface area (Å²) in [5, 5.41) is 7.74. The van der Waals surface area contributed by atoms with E-state index in [9.17, 15) is 4.79 Å². The summed E-state index contributed by atoms with van der Waals surface area (Å²) in [6, 6.07) is 7.84. The molecule has 0 saturated carbocycles. The van der Waals surface area contributed by atoms with Gasteiger partial charge < -0.3 is 9.26 Å². The molecule has 0 saturated heterocycles. The van der Waals surface area contributed by atoms with Gasteiger partial charge >= 0.3 is 5.97 Å². The lowest BCUT2D eigenvalue weighted by Crippen LogP contribution is -2.07. The first-order valence-electron chi connectivity index (χ1n) is 7.01. The van der Waals surface area contributed by atoms with Crippen molar-refractivity contribution in [3.8, 4) is 11.4 Å². The first-order valence-corrected chi connectivity index (χ1v) is 9.73. The van der Waals surface area contributed by atoms with Gasteiger partial charge in [0.15, 0.2) is 6.61 Å². The van der Waals surface area contributed by atoms with Crippen LogP contribution in [0.3, 0.4) is 0 Å². The maximum Gasteiger partial charge on any atom is 0.316 e. The number of rotatable bonds is 6. The van der Waals surface area contributed by atoms with Crippen LogP contribution in [0.4, 0.5) is 0 Å². The van der Waals surface area contributed by atoms with E-state index in [0.717, 1.165) is 20.5 Å². The molecular weight excluding hydrogens is 412 g/mol. The van der Waals surface area contributed by atoms with Crippen molar-refractivity contribution in [1.29, 1.82) is 0 Å². The number of carbonyl (C=O) groups excluding carboxylic acids is 1. The largest absolute Gasteiger partial charge is 0.455 e. The lowest BCUT2D eigenvalue weighted by Gasteiger charge is -2.05. The number of thiophene rings is 1. The summed E-state index contributed by atoms with van der Waals surface area (Å²) in [7, 11) is 0. The van der Waals surface area contributed by atoms with E-state index in [2.05, 4.69) is 26.1 Å². The SMILES string of the molecule is Cc1cc(Br)ccc1SCC(=O)OCc1nc(-c2ccsc2)no1. The number of esters is 1. The van der Waals surface area contributed by atoms with Gasteiger partial charge in [-0.05, 0) is 42.1 Å². The molecule has 8 heteroatoms. The molecule has 0 radical (unpaired) electrons. The maximum absolute atomic E-state index is 11.9. The summed E-state index contributed by atoms with van der Waals surface area (Å²) < 4.78 is 11.3. The van der Waals surface area contributed by atoms with Crippen molar-refractivity contribution in [2.24, 2.45) is 0 Å². The Kier molecular flexibility index (Phi) is 5.70. The van der Waals surface area contributed by atoms with E-state index in [4.69, 9.17) is 9.26 Å². The van der Waals surface area contributed by atoms with Crippen molar-refractivity contribution in [2.45, 2.75) is 18.4 Å². The molecular formula is C16H13BrN2O3S2. The van der Waals surface area contributed by atoms with Crippen LogP contribution >= 0.6 is 39.0 Å². The predicted molar refractivity (Wildman–Crippen MR) is 97.0 cm³/mol. The molecule has 3 rings (SSSR count). The zero-order valence-corrected chi connectivity index (χ0v) is 15.9. The van der Waals surface area contributed by atoms with Crippen LogP contribution in [0.2, 0.25) is 0 Å². The minimum Gasteiger partial charge on any atom is -0.455 e. The van der Waals surface area contributed by atoms with Gasteiger partial charge in [-0.2, -0.15) is 16.3 Å². The fourth-order valence-corrected chi connectivity index (χ4v) is 3.84. The third-order valence-corrected chi connectivity index (χ3v) is 5.41. The number of benzene rings is 1. The monoisotopic (exact) mass is 424 g/mol. The Bertz CT molecular complexity index is 834. The Balaban J connectivity index is 1.49. The van der Waals surface area contributed by atoms with E-state index in [-0.39, 0.29) is 24.2 Å². The molecule has 0 aliphatic heterocycles. The highest BCUT2D eigenvalue weighted by atomic mass is 79.9. The highest BCUT2D eigenvalue weighted by molar-refractivity contribution is 9.10. The first kappa shape index (κ1) is 17.2. The average molecular weight is 425 g/mol. The lowest BCUT2D eigenvalue weighted by atomic mass is 10.2. The number of thioether (sulfide) groups is 1. The fraction of sp³-hybridized carbons (Fsp3) is 0.188. The van der Waals surface area contributed by atoms with Gasteiger partial charge in [0.25, 0.3) is 5.89 Å². The number of hydrogen-bond donors (Lipinski definition) is 0. The number of nitrogens with zero attached hydrogens (tertiary/aromatic N) is 2. The van der Waals surface area contributed by atoms with Crippen LogP contribution in [0.1, 0.15) is 11.5 Å². The Hall–Kier alpha value is -1.64. The maximum atomic E-state index is 11.9. The molecule has 0 fully saturated rings. The third-order valence-electron chi connectivity index (χ3n) is 3.09. The molecule has 5 nitrogen and oxygen atoms in total. The predicted octanol–water partition coefficient (Wildman–Crippen LogP) is 4.70. The van der Waals surface area contributed by atoms with E-state index in [1.54, 1.807) is 11.3 Å². The van der Waals surface area contributed by atoms with E-state index >= 15 is 0 Å². The van der Waals surface area contributed by atoms with Crippen molar-refractivity contribution >= 4 is 45.0 Å². The number of hydrogen-bond acceptors (Lipinski definition) is 7. The molecule has 0 aliphatic carbocycles. The molecule has 0 N–H and O–H groups in total. The topological polar surface area (TPSA) is 65.2 Å². The minimum absolute atomic E-state index is 0.0180. The van der Waals surface area contributed by atoms with Gasteiger partial charge in [-0.25, -0.2) is 0 Å². The molecule has 0 atom stereocenters. The molecule has 3 aromatic rings. The van der Waals surface area contributed by atoms with Crippen molar-refractivity contribution < 1.29 is 14.1 Å². The standard InChI is InChI=1S/C16H13BrN2O3S2/c1-10-6-12(17)2-3-13(10)24-9-15(20)21-7-14-18-16(19-22-14)11-4-5-23-8-11/h2-6,8H,7,9H2,1H3. The Morgan fingerprint density at radius 3 is 3.04 bits per heavy atom. The quantitative estimate of drug-likeness (QED) is 0.421. The Morgan fingerprint density at radius 2 is 2.29 bits per heavy atom. The number of halogens is 1. The molecule has 0 unspecified atom stereocenters. The molecule has 0 aliphatic rings. The van der Waals surface area contributed by atoms with Crippen LogP contribution in [0.15, 0.2) is 48.9 Å². The number of aryl methyl sites for hydroxylation is 1. The molecule has 124 valence electrons. The van der Waals surface area contributed by atoms with Crippen LogP contribution in [0.5, 0.6) is 0 Å². The van der Waals surface area contributed by atoms with Crippen molar-refractivity contribution in [3.63, 3.8) is 0 Å².